The fourth-order valence-electron chi connectivity index (χ4n) is 1.49. The number of amides is 1. The molecule has 0 aliphatic rings. The van der Waals surface area contributed by atoms with Gasteiger partial charge in [-0.2, -0.15) is 0 Å². The lowest BCUT2D eigenvalue weighted by molar-refractivity contribution is -0.124. The molecule has 0 saturated heterocycles. The van der Waals surface area contributed by atoms with Crippen molar-refractivity contribution in [3.05, 3.63) is 28.2 Å². The van der Waals surface area contributed by atoms with E-state index in [2.05, 4.69) is 21.2 Å². The van der Waals surface area contributed by atoms with Gasteiger partial charge in [0, 0.05) is 16.7 Å². The van der Waals surface area contributed by atoms with Crippen molar-refractivity contribution in [1.29, 1.82) is 0 Å². The highest BCUT2D eigenvalue weighted by Gasteiger charge is 2.29. The summed E-state index contributed by atoms with van der Waals surface area (Å²) in [6.45, 7) is 6.19. The van der Waals surface area contributed by atoms with Crippen molar-refractivity contribution < 1.29 is 4.79 Å². The highest BCUT2D eigenvalue weighted by molar-refractivity contribution is 9.10. The highest BCUT2D eigenvalue weighted by Crippen LogP contribution is 2.24. The van der Waals surface area contributed by atoms with Gasteiger partial charge in [0.15, 0.2) is 0 Å². The summed E-state index contributed by atoms with van der Waals surface area (Å²) < 4.78 is 0.957. The minimum Gasteiger partial charge on any atom is -0.329 e. The topological polar surface area (TPSA) is 55.1 Å². The fraction of sp³-hybridized carbons (Fsp3) is 0.462. The van der Waals surface area contributed by atoms with Crippen LogP contribution in [0.1, 0.15) is 25.8 Å². The van der Waals surface area contributed by atoms with Crippen molar-refractivity contribution >= 4 is 27.5 Å². The first-order valence-electron chi connectivity index (χ1n) is 5.70. The number of nitrogens with two attached hydrogens (primary N) is 1. The average Bonchev–Trinajstić information content (AvgIpc) is 2.26. The third kappa shape index (κ3) is 3.54. The molecular weight excluding hydrogens is 280 g/mol. The molecule has 0 spiro atoms. The van der Waals surface area contributed by atoms with E-state index in [1.807, 2.05) is 39.0 Å². The number of nitrogens with one attached hydrogen (secondary N) is 1. The maximum atomic E-state index is 12.1. The van der Waals surface area contributed by atoms with Gasteiger partial charge in [0.05, 0.1) is 5.41 Å². The van der Waals surface area contributed by atoms with E-state index in [9.17, 15) is 4.79 Å². The molecule has 4 heteroatoms. The molecule has 94 valence electrons. The van der Waals surface area contributed by atoms with Crippen LogP contribution in [0.15, 0.2) is 22.7 Å². The Hall–Kier alpha value is -0.870. The first-order valence-corrected chi connectivity index (χ1v) is 6.49. The van der Waals surface area contributed by atoms with Crippen LogP contribution in [0.5, 0.6) is 0 Å². The molecule has 1 atom stereocenters. The number of carbonyl (C=O) groups is 1. The zero-order valence-electron chi connectivity index (χ0n) is 10.5. The first kappa shape index (κ1) is 14.2. The second-order valence-electron chi connectivity index (χ2n) is 4.59. The van der Waals surface area contributed by atoms with E-state index in [1.54, 1.807) is 0 Å². The molecule has 1 amide bonds. The van der Waals surface area contributed by atoms with Gasteiger partial charge in [-0.15, -0.1) is 0 Å². The van der Waals surface area contributed by atoms with Gasteiger partial charge in [-0.25, -0.2) is 0 Å². The van der Waals surface area contributed by atoms with Crippen molar-refractivity contribution in [2.24, 2.45) is 11.1 Å². The minimum absolute atomic E-state index is 0.0278. The van der Waals surface area contributed by atoms with Gasteiger partial charge in [0.1, 0.15) is 0 Å². The molecule has 17 heavy (non-hydrogen) atoms. The summed E-state index contributed by atoms with van der Waals surface area (Å²) in [5, 5.41) is 2.92. The highest BCUT2D eigenvalue weighted by atomic mass is 79.9. The normalized spacial score (nSPS) is 14.2. The van der Waals surface area contributed by atoms with Gasteiger partial charge in [-0.1, -0.05) is 22.9 Å². The van der Waals surface area contributed by atoms with E-state index in [4.69, 9.17) is 5.73 Å². The molecule has 0 aromatic heterocycles. The van der Waals surface area contributed by atoms with E-state index >= 15 is 0 Å². The van der Waals surface area contributed by atoms with Crippen LogP contribution in [0.25, 0.3) is 0 Å². The zero-order valence-corrected chi connectivity index (χ0v) is 12.1. The van der Waals surface area contributed by atoms with Crippen LogP contribution in [0.3, 0.4) is 0 Å². The number of hydrogen-bond donors (Lipinski definition) is 2. The molecule has 1 unspecified atom stereocenters. The van der Waals surface area contributed by atoms with Crippen LogP contribution in [0.2, 0.25) is 0 Å². The van der Waals surface area contributed by atoms with Crippen molar-refractivity contribution in [2.75, 3.05) is 11.9 Å². The second kappa shape index (κ2) is 5.65. The summed E-state index contributed by atoms with van der Waals surface area (Å²) in [4.78, 5) is 12.1. The molecule has 0 aliphatic heterocycles. The van der Waals surface area contributed by atoms with Gasteiger partial charge >= 0.3 is 0 Å². The number of carbonyl (C=O) groups excluding carboxylic acids is 1. The van der Waals surface area contributed by atoms with Gasteiger partial charge < -0.3 is 11.1 Å². The number of anilines is 1. The lowest BCUT2D eigenvalue weighted by Gasteiger charge is -2.25. The zero-order chi connectivity index (χ0) is 13.1. The Morgan fingerprint density at radius 3 is 2.59 bits per heavy atom. The van der Waals surface area contributed by atoms with E-state index < -0.39 is 5.41 Å². The summed E-state index contributed by atoms with van der Waals surface area (Å²) in [5.41, 5.74) is 7.06. The summed E-state index contributed by atoms with van der Waals surface area (Å²) >= 11 is 3.41. The first-order chi connectivity index (χ1) is 7.91. The molecule has 3 N–H and O–H groups in total. The molecular formula is C13H19BrN2O. The Labute approximate surface area is 111 Å². The molecule has 0 saturated carbocycles. The predicted octanol–water partition coefficient (Wildman–Crippen LogP) is 3.07. The molecule has 1 aromatic rings. The maximum absolute atomic E-state index is 12.1. The van der Waals surface area contributed by atoms with Crippen molar-refractivity contribution in [3.8, 4) is 0 Å². The smallest absolute Gasteiger partial charge is 0.231 e. The second-order valence-corrected chi connectivity index (χ2v) is 5.51. The van der Waals surface area contributed by atoms with E-state index in [-0.39, 0.29) is 5.91 Å². The van der Waals surface area contributed by atoms with Gasteiger partial charge in [0.2, 0.25) is 5.91 Å². The summed E-state index contributed by atoms with van der Waals surface area (Å²) in [5.74, 6) is -0.0278. The van der Waals surface area contributed by atoms with Crippen molar-refractivity contribution in [3.63, 3.8) is 0 Å². The standard InChI is InChI=1S/C13H19BrN2O/c1-4-13(3,8-15)12(17)16-11-6-9(2)5-10(14)7-11/h5-7H,4,8,15H2,1-3H3,(H,16,17). The van der Waals surface area contributed by atoms with Crippen LogP contribution in [0, 0.1) is 12.3 Å². The third-order valence-corrected chi connectivity index (χ3v) is 3.54. The largest absolute Gasteiger partial charge is 0.329 e. The van der Waals surface area contributed by atoms with Crippen LogP contribution in [0.4, 0.5) is 5.69 Å². The fourth-order valence-corrected chi connectivity index (χ4v) is 2.10. The predicted molar refractivity (Wildman–Crippen MR) is 75.0 cm³/mol. The Balaban J connectivity index is 2.87. The minimum atomic E-state index is -0.504. The van der Waals surface area contributed by atoms with Crippen LogP contribution in [-0.2, 0) is 4.79 Å². The summed E-state index contributed by atoms with van der Waals surface area (Å²) in [6.07, 6.45) is 0.725. The molecule has 3 nitrogen and oxygen atoms in total. The van der Waals surface area contributed by atoms with Crippen LogP contribution in [-0.4, -0.2) is 12.5 Å². The molecule has 0 bridgehead atoms. The number of aryl methyl sites for hydroxylation is 1. The summed E-state index contributed by atoms with van der Waals surface area (Å²) in [7, 11) is 0. The molecule has 0 aliphatic carbocycles. The molecule has 1 aromatic carbocycles. The van der Waals surface area contributed by atoms with Crippen molar-refractivity contribution in [2.45, 2.75) is 27.2 Å². The van der Waals surface area contributed by atoms with Crippen LogP contribution < -0.4 is 11.1 Å². The van der Waals surface area contributed by atoms with Gasteiger partial charge in [-0.05, 0) is 44.0 Å². The molecule has 0 heterocycles. The van der Waals surface area contributed by atoms with E-state index in [0.29, 0.717) is 6.54 Å². The van der Waals surface area contributed by atoms with Crippen LogP contribution >= 0.6 is 15.9 Å². The average molecular weight is 299 g/mol. The summed E-state index contributed by atoms with van der Waals surface area (Å²) in [6, 6.07) is 5.82. The number of halogens is 1. The number of rotatable bonds is 4. The Morgan fingerprint density at radius 1 is 1.47 bits per heavy atom. The quantitative estimate of drug-likeness (QED) is 0.897. The van der Waals surface area contributed by atoms with E-state index in [1.165, 1.54) is 0 Å². The third-order valence-electron chi connectivity index (χ3n) is 3.08. The van der Waals surface area contributed by atoms with Gasteiger partial charge in [-0.3, -0.25) is 4.79 Å². The lowest BCUT2D eigenvalue weighted by atomic mass is 9.86. The molecule has 0 radical (unpaired) electrons. The molecule has 0 fully saturated rings. The number of hydrogen-bond acceptors (Lipinski definition) is 2. The monoisotopic (exact) mass is 298 g/mol. The van der Waals surface area contributed by atoms with Gasteiger partial charge in [0.25, 0.3) is 0 Å². The van der Waals surface area contributed by atoms with Crippen molar-refractivity contribution in [1.82, 2.24) is 0 Å². The Kier molecular flexibility index (Phi) is 4.71. The lowest BCUT2D eigenvalue weighted by Crippen LogP contribution is -2.39. The SMILES string of the molecule is CCC(C)(CN)C(=O)Nc1cc(C)cc(Br)c1. The molecule has 1 rings (SSSR count). The maximum Gasteiger partial charge on any atom is 0.231 e. The van der Waals surface area contributed by atoms with E-state index in [0.717, 1.165) is 22.1 Å². The Bertz CT molecular complexity index is 394. The Morgan fingerprint density at radius 2 is 2.12 bits per heavy atom. The number of benzene rings is 1.